The molecular weight excluding hydrogens is 729 g/mol. The maximum absolute atomic E-state index is 11.9. The standard InChI is InChI=1S/C50H38O8/c1-49(45-37-15-11-33(51)23-27(37)3-19-41(45)55,46-38-16-12-34(52)24-28(38)4-20-42(46)56)31-7-9-32(10-8-31)50(2,47-39-17-13-35(53)25-29(39)5-21-43(47)57)48-40-18-14-36(54)26-30(40)6-22-44(48)58/h3-26,51-58H,1-2H3. The molecular formula is C50H38O8. The number of fused-ring (bicyclic) bond motifs is 4. The van der Waals surface area contributed by atoms with E-state index >= 15 is 0 Å². The van der Waals surface area contributed by atoms with Crippen LogP contribution < -0.4 is 0 Å². The van der Waals surface area contributed by atoms with Crippen LogP contribution in [0.15, 0.2) is 146 Å². The molecule has 0 spiro atoms. The molecule has 9 aromatic carbocycles. The molecule has 0 saturated heterocycles. The van der Waals surface area contributed by atoms with Gasteiger partial charge in [-0.05, 0) is 141 Å². The number of hydrogen-bond donors (Lipinski definition) is 8. The van der Waals surface area contributed by atoms with Crippen molar-refractivity contribution in [3.8, 4) is 46.0 Å². The summed E-state index contributed by atoms with van der Waals surface area (Å²) in [7, 11) is 0. The number of phenolic OH excluding ortho intramolecular Hbond substituents is 8. The Kier molecular flexibility index (Phi) is 8.09. The molecule has 0 unspecified atom stereocenters. The molecule has 8 heteroatoms. The molecule has 58 heavy (non-hydrogen) atoms. The van der Waals surface area contributed by atoms with Gasteiger partial charge in [-0.25, -0.2) is 0 Å². The summed E-state index contributed by atoms with van der Waals surface area (Å²) in [6, 6.07) is 40.3. The van der Waals surface area contributed by atoms with Gasteiger partial charge >= 0.3 is 0 Å². The van der Waals surface area contributed by atoms with Crippen LogP contribution in [0, 0.1) is 0 Å². The summed E-state index contributed by atoms with van der Waals surface area (Å²) in [4.78, 5) is 0. The molecule has 9 rings (SSSR count). The highest BCUT2D eigenvalue weighted by Crippen LogP contribution is 2.54. The quantitative estimate of drug-likeness (QED) is 0.0776. The summed E-state index contributed by atoms with van der Waals surface area (Å²) in [6.45, 7) is 3.83. The number of phenols is 8. The third kappa shape index (κ3) is 5.37. The second-order valence-electron chi connectivity index (χ2n) is 15.3. The van der Waals surface area contributed by atoms with E-state index in [-0.39, 0.29) is 46.0 Å². The zero-order valence-electron chi connectivity index (χ0n) is 31.4. The molecule has 0 aliphatic carbocycles. The smallest absolute Gasteiger partial charge is 0.120 e. The normalized spacial score (nSPS) is 12.2. The van der Waals surface area contributed by atoms with Crippen molar-refractivity contribution in [3.63, 3.8) is 0 Å². The van der Waals surface area contributed by atoms with E-state index in [0.717, 1.165) is 0 Å². The minimum absolute atomic E-state index is 0.0438. The van der Waals surface area contributed by atoms with Gasteiger partial charge in [-0.2, -0.15) is 0 Å². The molecule has 8 N–H and O–H groups in total. The maximum Gasteiger partial charge on any atom is 0.120 e. The first-order valence-electron chi connectivity index (χ1n) is 18.7. The van der Waals surface area contributed by atoms with E-state index in [1.165, 1.54) is 0 Å². The van der Waals surface area contributed by atoms with Crippen molar-refractivity contribution >= 4 is 43.1 Å². The van der Waals surface area contributed by atoms with Crippen molar-refractivity contribution in [1.29, 1.82) is 0 Å². The minimum Gasteiger partial charge on any atom is -0.508 e. The Balaban J connectivity index is 1.37. The topological polar surface area (TPSA) is 162 Å². The van der Waals surface area contributed by atoms with Crippen molar-refractivity contribution in [2.75, 3.05) is 0 Å². The first-order valence-corrected chi connectivity index (χ1v) is 18.7. The number of hydrogen-bond acceptors (Lipinski definition) is 8. The van der Waals surface area contributed by atoms with E-state index in [4.69, 9.17) is 0 Å². The lowest BCUT2D eigenvalue weighted by Crippen LogP contribution is -2.29. The van der Waals surface area contributed by atoms with Crippen LogP contribution in [0.3, 0.4) is 0 Å². The summed E-state index contributed by atoms with van der Waals surface area (Å²) in [5.74, 6) is 0.0349. The third-order valence-corrected chi connectivity index (χ3v) is 12.0. The predicted octanol–water partition coefficient (Wildman–Crippen LogP) is 10.7. The molecule has 286 valence electrons. The largest absolute Gasteiger partial charge is 0.508 e. The number of benzene rings is 9. The fourth-order valence-electron chi connectivity index (χ4n) is 9.29. The van der Waals surface area contributed by atoms with Crippen LogP contribution in [-0.4, -0.2) is 40.9 Å². The Morgan fingerprint density at radius 2 is 0.500 bits per heavy atom. The second-order valence-corrected chi connectivity index (χ2v) is 15.3. The van der Waals surface area contributed by atoms with E-state index in [0.29, 0.717) is 76.5 Å². The molecule has 0 aliphatic heterocycles. The molecule has 0 atom stereocenters. The van der Waals surface area contributed by atoms with Crippen molar-refractivity contribution in [3.05, 3.63) is 179 Å². The van der Waals surface area contributed by atoms with Crippen molar-refractivity contribution in [2.45, 2.75) is 24.7 Å². The van der Waals surface area contributed by atoms with Crippen LogP contribution >= 0.6 is 0 Å². The van der Waals surface area contributed by atoms with Crippen LogP contribution in [0.4, 0.5) is 0 Å². The van der Waals surface area contributed by atoms with Crippen LogP contribution in [0.1, 0.15) is 47.2 Å². The van der Waals surface area contributed by atoms with E-state index in [1.807, 2.05) is 38.1 Å². The monoisotopic (exact) mass is 766 g/mol. The van der Waals surface area contributed by atoms with E-state index in [1.54, 1.807) is 121 Å². The average molecular weight is 767 g/mol. The van der Waals surface area contributed by atoms with Crippen molar-refractivity contribution in [2.24, 2.45) is 0 Å². The van der Waals surface area contributed by atoms with Crippen LogP contribution in [0.2, 0.25) is 0 Å². The average Bonchev–Trinajstić information content (AvgIpc) is 3.20. The zero-order chi connectivity index (χ0) is 40.7. The molecule has 0 fully saturated rings. The summed E-state index contributed by atoms with van der Waals surface area (Å²) in [5, 5.41) is 94.4. The fourth-order valence-corrected chi connectivity index (χ4v) is 9.29. The van der Waals surface area contributed by atoms with Gasteiger partial charge in [-0.3, -0.25) is 0 Å². The molecule has 0 aromatic heterocycles. The second kappa shape index (κ2) is 13.0. The fraction of sp³-hybridized carbons (Fsp3) is 0.0800. The van der Waals surface area contributed by atoms with Gasteiger partial charge in [0.25, 0.3) is 0 Å². The highest BCUT2D eigenvalue weighted by atomic mass is 16.3. The Labute approximate surface area is 332 Å². The van der Waals surface area contributed by atoms with Gasteiger partial charge in [-0.1, -0.05) is 72.8 Å². The third-order valence-electron chi connectivity index (χ3n) is 12.0. The van der Waals surface area contributed by atoms with Crippen molar-refractivity contribution in [1.82, 2.24) is 0 Å². The van der Waals surface area contributed by atoms with Crippen LogP contribution in [-0.2, 0) is 10.8 Å². The Bertz CT molecular complexity index is 2740. The van der Waals surface area contributed by atoms with Gasteiger partial charge in [0.05, 0.1) is 10.8 Å². The Hall–Kier alpha value is -7.58. The van der Waals surface area contributed by atoms with Crippen molar-refractivity contribution < 1.29 is 40.9 Å². The van der Waals surface area contributed by atoms with Gasteiger partial charge in [0.15, 0.2) is 0 Å². The summed E-state index contributed by atoms with van der Waals surface area (Å²) in [5.41, 5.74) is 0.615. The highest BCUT2D eigenvalue weighted by Gasteiger charge is 2.42. The summed E-state index contributed by atoms with van der Waals surface area (Å²) >= 11 is 0. The number of rotatable bonds is 6. The van der Waals surface area contributed by atoms with E-state index < -0.39 is 10.8 Å². The SMILES string of the molecule is CC(c1ccc(C(C)(c2c(O)ccc3cc(O)ccc23)c2c(O)ccc3cc(O)ccc23)cc1)(c1c(O)ccc2cc(O)ccc12)c1c(O)ccc2cc(O)ccc12. The number of aromatic hydroxyl groups is 8. The minimum atomic E-state index is -1.28. The first kappa shape index (κ1) is 36.1. The van der Waals surface area contributed by atoms with E-state index in [2.05, 4.69) is 0 Å². The molecule has 8 nitrogen and oxygen atoms in total. The Morgan fingerprint density at radius 1 is 0.276 bits per heavy atom. The molecule has 0 heterocycles. The van der Waals surface area contributed by atoms with Gasteiger partial charge in [0.2, 0.25) is 0 Å². The predicted molar refractivity (Wildman–Crippen MR) is 227 cm³/mol. The van der Waals surface area contributed by atoms with E-state index in [9.17, 15) is 40.9 Å². The molecule has 0 bridgehead atoms. The lowest BCUT2D eigenvalue weighted by Gasteiger charge is -2.37. The molecule has 0 amide bonds. The molecule has 0 saturated carbocycles. The lowest BCUT2D eigenvalue weighted by atomic mass is 9.65. The first-order chi connectivity index (χ1) is 27.8. The van der Waals surface area contributed by atoms with Gasteiger partial charge in [0.1, 0.15) is 46.0 Å². The van der Waals surface area contributed by atoms with Gasteiger partial charge in [-0.15, -0.1) is 0 Å². The Morgan fingerprint density at radius 3 is 0.724 bits per heavy atom. The molecule has 0 aliphatic rings. The van der Waals surface area contributed by atoms with Crippen LogP contribution in [0.25, 0.3) is 43.1 Å². The zero-order valence-corrected chi connectivity index (χ0v) is 31.4. The summed E-state index contributed by atoms with van der Waals surface area (Å²) in [6.07, 6.45) is 0. The summed E-state index contributed by atoms with van der Waals surface area (Å²) < 4.78 is 0. The lowest BCUT2D eigenvalue weighted by molar-refractivity contribution is 0.443. The van der Waals surface area contributed by atoms with Gasteiger partial charge in [0, 0.05) is 22.3 Å². The van der Waals surface area contributed by atoms with Crippen LogP contribution in [0.5, 0.6) is 46.0 Å². The molecule has 0 radical (unpaired) electrons. The highest BCUT2D eigenvalue weighted by molar-refractivity contribution is 5.98. The molecule has 9 aromatic rings. The van der Waals surface area contributed by atoms with Gasteiger partial charge < -0.3 is 40.9 Å². The maximum atomic E-state index is 11.9.